The minimum absolute atomic E-state index is 0.0654. The summed E-state index contributed by atoms with van der Waals surface area (Å²) in [6.07, 6.45) is 3.28. The molecule has 5 nitrogen and oxygen atoms in total. The zero-order valence-corrected chi connectivity index (χ0v) is 14.2. The molecule has 1 fully saturated rings. The van der Waals surface area contributed by atoms with Crippen LogP contribution in [0.15, 0.2) is 11.4 Å². The number of hydrogen-bond acceptors (Lipinski definition) is 4. The van der Waals surface area contributed by atoms with Gasteiger partial charge in [0.05, 0.1) is 23.3 Å². The Bertz CT molecular complexity index is 675. The molecule has 0 bridgehead atoms. The molecule has 1 aliphatic heterocycles. The summed E-state index contributed by atoms with van der Waals surface area (Å²) in [6.45, 7) is 7.60. The van der Waals surface area contributed by atoms with Crippen molar-refractivity contribution >= 4 is 17.2 Å². The first-order valence-electron chi connectivity index (χ1n) is 7.79. The minimum atomic E-state index is 0.0654. The Morgan fingerprint density at radius 1 is 1.36 bits per heavy atom. The summed E-state index contributed by atoms with van der Waals surface area (Å²) in [7, 11) is 0. The van der Waals surface area contributed by atoms with Crippen LogP contribution in [0.1, 0.15) is 46.1 Å². The highest BCUT2D eigenvalue weighted by atomic mass is 32.1. The van der Waals surface area contributed by atoms with Gasteiger partial charge in [0.1, 0.15) is 5.69 Å². The maximum absolute atomic E-state index is 12.7. The number of amides is 1. The Morgan fingerprint density at radius 2 is 2.18 bits per heavy atom. The second kappa shape index (κ2) is 6.20. The van der Waals surface area contributed by atoms with Gasteiger partial charge in [0.25, 0.3) is 5.91 Å². The van der Waals surface area contributed by atoms with Crippen LogP contribution in [0, 0.1) is 20.8 Å². The molecule has 1 amide bonds. The number of likely N-dealkylation sites (tertiary alicyclic amines) is 1. The molecule has 6 heteroatoms. The van der Waals surface area contributed by atoms with Crippen LogP contribution in [-0.4, -0.2) is 38.2 Å². The number of piperidine rings is 1. The molecule has 1 aliphatic rings. The lowest BCUT2D eigenvalue weighted by atomic mass is 10.0. The predicted molar refractivity (Wildman–Crippen MR) is 87.2 cm³/mol. The number of rotatable bonds is 3. The molecule has 0 saturated carbocycles. The van der Waals surface area contributed by atoms with E-state index in [0.717, 1.165) is 42.3 Å². The summed E-state index contributed by atoms with van der Waals surface area (Å²) < 4.78 is 2.03. The monoisotopic (exact) mass is 318 g/mol. The van der Waals surface area contributed by atoms with Crippen molar-refractivity contribution < 1.29 is 4.79 Å². The van der Waals surface area contributed by atoms with Gasteiger partial charge < -0.3 is 4.90 Å². The summed E-state index contributed by atoms with van der Waals surface area (Å²) in [5, 5.41) is 7.35. The lowest BCUT2D eigenvalue weighted by Gasteiger charge is -2.35. The number of nitrogens with zero attached hydrogens (tertiary/aromatic N) is 4. The number of aromatic nitrogens is 3. The first kappa shape index (κ1) is 15.2. The fraction of sp³-hybridized carbons (Fsp3) is 0.562. The summed E-state index contributed by atoms with van der Waals surface area (Å²) >= 11 is 1.53. The molecule has 0 aromatic carbocycles. The predicted octanol–water partition coefficient (Wildman–Crippen LogP) is 2.96. The third-order valence-electron chi connectivity index (χ3n) is 4.21. The van der Waals surface area contributed by atoms with Gasteiger partial charge >= 0.3 is 0 Å². The number of aryl methyl sites for hydroxylation is 3. The largest absolute Gasteiger partial charge is 0.332 e. The molecule has 2 aromatic rings. The van der Waals surface area contributed by atoms with E-state index in [1.807, 2.05) is 28.8 Å². The maximum atomic E-state index is 12.7. The van der Waals surface area contributed by atoms with E-state index in [2.05, 4.69) is 23.1 Å². The molecule has 118 valence electrons. The molecule has 22 heavy (non-hydrogen) atoms. The smallest absolute Gasteiger partial charge is 0.273 e. The van der Waals surface area contributed by atoms with Gasteiger partial charge in [0.15, 0.2) is 0 Å². The van der Waals surface area contributed by atoms with E-state index in [9.17, 15) is 4.79 Å². The maximum Gasteiger partial charge on any atom is 0.273 e. The van der Waals surface area contributed by atoms with Crippen molar-refractivity contribution in [2.45, 2.75) is 52.6 Å². The van der Waals surface area contributed by atoms with E-state index < -0.39 is 0 Å². The van der Waals surface area contributed by atoms with Gasteiger partial charge in [-0.3, -0.25) is 9.48 Å². The molecular weight excluding hydrogens is 296 g/mol. The molecule has 1 atom stereocenters. The summed E-state index contributed by atoms with van der Waals surface area (Å²) in [4.78, 5) is 19.1. The van der Waals surface area contributed by atoms with Crippen LogP contribution >= 0.6 is 11.3 Å². The van der Waals surface area contributed by atoms with Crippen molar-refractivity contribution in [3.63, 3.8) is 0 Å². The summed E-state index contributed by atoms with van der Waals surface area (Å²) in [6, 6.07) is 2.29. The van der Waals surface area contributed by atoms with Crippen LogP contribution in [0.5, 0.6) is 0 Å². The van der Waals surface area contributed by atoms with Crippen LogP contribution in [0.2, 0.25) is 0 Å². The Hall–Kier alpha value is -1.69. The van der Waals surface area contributed by atoms with Gasteiger partial charge in [-0.25, -0.2) is 4.98 Å². The van der Waals surface area contributed by atoms with E-state index >= 15 is 0 Å². The van der Waals surface area contributed by atoms with Crippen LogP contribution in [0.3, 0.4) is 0 Å². The number of hydrogen-bond donors (Lipinski definition) is 0. The Balaban J connectivity index is 1.79. The normalized spacial score (nSPS) is 18.7. The molecule has 3 heterocycles. The number of carbonyl (C=O) groups excluding carboxylic acids is 1. The van der Waals surface area contributed by atoms with Crippen molar-refractivity contribution in [1.29, 1.82) is 0 Å². The third-order valence-corrected chi connectivity index (χ3v) is 4.99. The van der Waals surface area contributed by atoms with Crippen molar-refractivity contribution in [2.24, 2.45) is 0 Å². The quantitative estimate of drug-likeness (QED) is 0.874. The molecule has 0 unspecified atom stereocenters. The molecular formula is C16H22N4OS. The van der Waals surface area contributed by atoms with Gasteiger partial charge in [-0.05, 0) is 46.1 Å². The Morgan fingerprint density at radius 3 is 2.82 bits per heavy atom. The number of thiazole rings is 1. The Kier molecular flexibility index (Phi) is 4.29. The molecule has 0 spiro atoms. The van der Waals surface area contributed by atoms with Crippen molar-refractivity contribution in [1.82, 2.24) is 19.7 Å². The zero-order chi connectivity index (χ0) is 15.7. The van der Waals surface area contributed by atoms with Crippen LogP contribution < -0.4 is 0 Å². The highest BCUT2D eigenvalue weighted by molar-refractivity contribution is 7.09. The van der Waals surface area contributed by atoms with Gasteiger partial charge in [-0.1, -0.05) is 0 Å². The van der Waals surface area contributed by atoms with E-state index in [-0.39, 0.29) is 11.9 Å². The van der Waals surface area contributed by atoms with E-state index in [1.165, 1.54) is 17.8 Å². The molecule has 3 rings (SSSR count). The molecule has 1 saturated heterocycles. The second-order valence-corrected chi connectivity index (χ2v) is 7.07. The average Bonchev–Trinajstić information content (AvgIpc) is 3.05. The number of carbonyl (C=O) groups is 1. The Labute approximate surface area is 135 Å². The highest BCUT2D eigenvalue weighted by Crippen LogP contribution is 2.22. The van der Waals surface area contributed by atoms with Crippen molar-refractivity contribution in [2.75, 3.05) is 6.54 Å². The lowest BCUT2D eigenvalue weighted by molar-refractivity contribution is 0.0577. The molecule has 0 N–H and O–H groups in total. The van der Waals surface area contributed by atoms with Crippen LogP contribution in [-0.2, 0) is 6.54 Å². The highest BCUT2D eigenvalue weighted by Gasteiger charge is 2.29. The topological polar surface area (TPSA) is 51.0 Å². The molecule has 2 aromatic heterocycles. The van der Waals surface area contributed by atoms with Crippen LogP contribution in [0.4, 0.5) is 0 Å². The summed E-state index contributed by atoms with van der Waals surface area (Å²) in [5.74, 6) is 0.0654. The van der Waals surface area contributed by atoms with Gasteiger partial charge in [-0.2, -0.15) is 5.10 Å². The molecule has 0 aliphatic carbocycles. The van der Waals surface area contributed by atoms with E-state index in [0.29, 0.717) is 5.69 Å². The fourth-order valence-electron chi connectivity index (χ4n) is 3.13. The molecule has 0 radical (unpaired) electrons. The standard InChI is InChI=1S/C16H22N4OS/c1-11-8-12(2)20(18-11)9-14-6-4-5-7-19(14)16(21)15-10-22-13(3)17-15/h8,10,14H,4-7,9H2,1-3H3/t14-/m0/s1. The van der Waals surface area contributed by atoms with Gasteiger partial charge in [0.2, 0.25) is 0 Å². The third kappa shape index (κ3) is 3.06. The lowest BCUT2D eigenvalue weighted by Crippen LogP contribution is -2.46. The first-order chi connectivity index (χ1) is 10.5. The van der Waals surface area contributed by atoms with Crippen LogP contribution in [0.25, 0.3) is 0 Å². The van der Waals surface area contributed by atoms with E-state index in [1.54, 1.807) is 0 Å². The zero-order valence-electron chi connectivity index (χ0n) is 13.4. The van der Waals surface area contributed by atoms with Crippen molar-refractivity contribution in [3.05, 3.63) is 33.5 Å². The average molecular weight is 318 g/mol. The van der Waals surface area contributed by atoms with E-state index in [4.69, 9.17) is 0 Å². The van der Waals surface area contributed by atoms with Crippen molar-refractivity contribution in [3.8, 4) is 0 Å². The minimum Gasteiger partial charge on any atom is -0.332 e. The second-order valence-electron chi connectivity index (χ2n) is 6.01. The van der Waals surface area contributed by atoms with Gasteiger partial charge in [0, 0.05) is 17.6 Å². The van der Waals surface area contributed by atoms with Gasteiger partial charge in [-0.15, -0.1) is 11.3 Å². The summed E-state index contributed by atoms with van der Waals surface area (Å²) in [5.41, 5.74) is 2.77. The fourth-order valence-corrected chi connectivity index (χ4v) is 3.71. The SMILES string of the molecule is Cc1cc(C)n(C[C@@H]2CCCCN2C(=O)c2csc(C)n2)n1. The first-order valence-corrected chi connectivity index (χ1v) is 8.66.